The molecule has 1 nitrogen and oxygen atoms in total. The minimum Gasteiger partial charge on any atom is -0.304 e. The molecule has 0 bridgehead atoms. The molecule has 0 aliphatic rings. The summed E-state index contributed by atoms with van der Waals surface area (Å²) in [5.74, 6) is -0.452. The maximum atomic E-state index is 13.6. The van der Waals surface area contributed by atoms with Crippen molar-refractivity contribution in [2.45, 2.75) is 25.9 Å². The topological polar surface area (TPSA) is 12.0 Å². The Balaban J connectivity index is 2.16. The Morgan fingerprint density at radius 2 is 1.60 bits per heavy atom. The molecule has 0 aliphatic carbocycles. The molecule has 0 aliphatic heterocycles. The fourth-order valence-electron chi connectivity index (χ4n) is 2.17. The number of benzene rings is 2. The van der Waals surface area contributed by atoms with E-state index in [0.29, 0.717) is 10.6 Å². The first kappa shape index (κ1) is 15.3. The second kappa shape index (κ2) is 6.57. The Morgan fingerprint density at radius 1 is 0.950 bits per heavy atom. The molecule has 2 aromatic carbocycles. The van der Waals surface area contributed by atoms with Crippen molar-refractivity contribution in [1.82, 2.24) is 5.32 Å². The number of nitrogens with one attached hydrogen (secondary N) is 1. The standard InChI is InChI=1S/C16H16Cl2FN/c1-10(12-6-4-3-5-7-12)20-11(2)13-8-16(19)15(18)9-14(13)17/h3-11,20H,1-2H3. The molecule has 2 atom stereocenters. The van der Waals surface area contributed by atoms with Crippen LogP contribution in [0.3, 0.4) is 0 Å². The predicted molar refractivity (Wildman–Crippen MR) is 82.8 cm³/mol. The van der Waals surface area contributed by atoms with Gasteiger partial charge >= 0.3 is 0 Å². The first-order valence-corrected chi connectivity index (χ1v) is 7.20. The quantitative estimate of drug-likeness (QED) is 0.730. The second-order valence-corrected chi connectivity index (χ2v) is 5.62. The molecular weight excluding hydrogens is 296 g/mol. The van der Waals surface area contributed by atoms with E-state index in [0.717, 1.165) is 0 Å². The monoisotopic (exact) mass is 311 g/mol. The first-order valence-electron chi connectivity index (χ1n) is 6.44. The molecule has 106 valence electrons. The van der Waals surface area contributed by atoms with Crippen LogP contribution in [-0.2, 0) is 0 Å². The Kier molecular flexibility index (Phi) is 5.03. The van der Waals surface area contributed by atoms with Crippen molar-refractivity contribution in [3.63, 3.8) is 0 Å². The normalized spacial score (nSPS) is 14.1. The van der Waals surface area contributed by atoms with Gasteiger partial charge in [0.1, 0.15) is 5.82 Å². The molecule has 1 N–H and O–H groups in total. The summed E-state index contributed by atoms with van der Waals surface area (Å²) in [4.78, 5) is 0. The van der Waals surface area contributed by atoms with Gasteiger partial charge < -0.3 is 5.32 Å². The van der Waals surface area contributed by atoms with E-state index in [-0.39, 0.29) is 17.1 Å². The van der Waals surface area contributed by atoms with Crippen LogP contribution in [0.4, 0.5) is 4.39 Å². The largest absolute Gasteiger partial charge is 0.304 e. The lowest BCUT2D eigenvalue weighted by atomic mass is 10.0. The number of halogens is 3. The zero-order valence-corrected chi connectivity index (χ0v) is 12.8. The number of hydrogen-bond donors (Lipinski definition) is 1. The highest BCUT2D eigenvalue weighted by atomic mass is 35.5. The van der Waals surface area contributed by atoms with Crippen LogP contribution in [0.1, 0.15) is 37.1 Å². The molecule has 0 heterocycles. The van der Waals surface area contributed by atoms with Crippen LogP contribution < -0.4 is 5.32 Å². The smallest absolute Gasteiger partial charge is 0.142 e. The Hall–Kier alpha value is -1.09. The van der Waals surface area contributed by atoms with Gasteiger partial charge in [-0.05, 0) is 37.1 Å². The van der Waals surface area contributed by atoms with Crippen molar-refractivity contribution in [2.24, 2.45) is 0 Å². The summed E-state index contributed by atoms with van der Waals surface area (Å²) in [5, 5.41) is 3.92. The zero-order chi connectivity index (χ0) is 14.7. The van der Waals surface area contributed by atoms with Crippen molar-refractivity contribution >= 4 is 23.2 Å². The van der Waals surface area contributed by atoms with Gasteiger partial charge in [-0.25, -0.2) is 4.39 Å². The van der Waals surface area contributed by atoms with Crippen molar-refractivity contribution in [3.05, 3.63) is 69.5 Å². The number of hydrogen-bond acceptors (Lipinski definition) is 1. The lowest BCUT2D eigenvalue weighted by Crippen LogP contribution is -2.22. The summed E-state index contributed by atoms with van der Waals surface area (Å²) < 4.78 is 13.6. The second-order valence-electron chi connectivity index (χ2n) is 4.81. The van der Waals surface area contributed by atoms with Crippen LogP contribution in [0, 0.1) is 5.82 Å². The molecule has 20 heavy (non-hydrogen) atoms. The van der Waals surface area contributed by atoms with Crippen LogP contribution in [0.5, 0.6) is 0 Å². The fourth-order valence-corrected chi connectivity index (χ4v) is 2.72. The first-order chi connectivity index (χ1) is 9.49. The van der Waals surface area contributed by atoms with E-state index in [9.17, 15) is 4.39 Å². The van der Waals surface area contributed by atoms with Gasteiger partial charge in [0.15, 0.2) is 0 Å². The molecule has 0 saturated carbocycles. The van der Waals surface area contributed by atoms with Gasteiger partial charge in [-0.1, -0.05) is 53.5 Å². The minimum absolute atomic E-state index is 0.0436. The lowest BCUT2D eigenvalue weighted by molar-refractivity contribution is 0.492. The molecular formula is C16H16Cl2FN. The summed E-state index contributed by atoms with van der Waals surface area (Å²) in [5.41, 5.74) is 1.88. The highest BCUT2D eigenvalue weighted by molar-refractivity contribution is 6.35. The van der Waals surface area contributed by atoms with Gasteiger partial charge in [0, 0.05) is 17.1 Å². The van der Waals surface area contributed by atoms with Crippen LogP contribution in [0.15, 0.2) is 42.5 Å². The van der Waals surface area contributed by atoms with E-state index in [1.807, 2.05) is 25.1 Å². The van der Waals surface area contributed by atoms with Crippen LogP contribution in [0.2, 0.25) is 10.0 Å². The Morgan fingerprint density at radius 3 is 2.25 bits per heavy atom. The maximum absolute atomic E-state index is 13.6. The van der Waals surface area contributed by atoms with E-state index in [1.54, 1.807) is 0 Å². The summed E-state index contributed by atoms with van der Waals surface area (Å²) in [6.07, 6.45) is 0. The molecule has 2 aromatic rings. The average Bonchev–Trinajstić information content (AvgIpc) is 2.43. The Labute approximate surface area is 128 Å². The zero-order valence-electron chi connectivity index (χ0n) is 11.3. The SMILES string of the molecule is CC(NC(C)c1cc(F)c(Cl)cc1Cl)c1ccccc1. The van der Waals surface area contributed by atoms with E-state index in [4.69, 9.17) is 23.2 Å². The molecule has 0 fully saturated rings. The maximum Gasteiger partial charge on any atom is 0.142 e. The van der Waals surface area contributed by atoms with Crippen LogP contribution in [0.25, 0.3) is 0 Å². The third-order valence-corrected chi connectivity index (χ3v) is 3.92. The lowest BCUT2D eigenvalue weighted by Gasteiger charge is -2.22. The van der Waals surface area contributed by atoms with E-state index >= 15 is 0 Å². The molecule has 0 spiro atoms. The molecule has 0 saturated heterocycles. The highest BCUT2D eigenvalue weighted by Crippen LogP contribution is 2.29. The van der Waals surface area contributed by atoms with E-state index < -0.39 is 5.82 Å². The van der Waals surface area contributed by atoms with Crippen molar-refractivity contribution in [1.29, 1.82) is 0 Å². The highest BCUT2D eigenvalue weighted by Gasteiger charge is 2.16. The van der Waals surface area contributed by atoms with Gasteiger partial charge in [-0.15, -0.1) is 0 Å². The van der Waals surface area contributed by atoms with Gasteiger partial charge in [0.25, 0.3) is 0 Å². The van der Waals surface area contributed by atoms with Crippen molar-refractivity contribution in [3.8, 4) is 0 Å². The molecule has 4 heteroatoms. The molecule has 2 unspecified atom stereocenters. The van der Waals surface area contributed by atoms with Crippen LogP contribution >= 0.6 is 23.2 Å². The Bertz CT molecular complexity index is 587. The summed E-state index contributed by atoms with van der Waals surface area (Å²) in [7, 11) is 0. The van der Waals surface area contributed by atoms with E-state index in [1.165, 1.54) is 17.7 Å². The van der Waals surface area contributed by atoms with E-state index in [2.05, 4.69) is 24.4 Å². The van der Waals surface area contributed by atoms with Gasteiger partial charge in [0.05, 0.1) is 5.02 Å². The third kappa shape index (κ3) is 3.51. The van der Waals surface area contributed by atoms with Crippen molar-refractivity contribution in [2.75, 3.05) is 0 Å². The molecule has 0 amide bonds. The average molecular weight is 312 g/mol. The van der Waals surface area contributed by atoms with Gasteiger partial charge in [-0.3, -0.25) is 0 Å². The van der Waals surface area contributed by atoms with Crippen molar-refractivity contribution < 1.29 is 4.39 Å². The predicted octanol–water partition coefficient (Wildman–Crippen LogP) is 5.54. The minimum atomic E-state index is -0.452. The van der Waals surface area contributed by atoms with Gasteiger partial charge in [0.2, 0.25) is 0 Å². The summed E-state index contributed by atoms with van der Waals surface area (Å²) >= 11 is 11.8. The number of rotatable bonds is 4. The summed E-state index contributed by atoms with van der Waals surface area (Å²) in [6, 6.07) is 13.0. The molecule has 2 rings (SSSR count). The molecule has 0 radical (unpaired) electrons. The molecule has 0 aromatic heterocycles. The fraction of sp³-hybridized carbons (Fsp3) is 0.250. The van der Waals surface area contributed by atoms with Gasteiger partial charge in [-0.2, -0.15) is 0 Å². The van der Waals surface area contributed by atoms with Crippen LogP contribution in [-0.4, -0.2) is 0 Å². The summed E-state index contributed by atoms with van der Waals surface area (Å²) in [6.45, 7) is 4.01. The third-order valence-electron chi connectivity index (χ3n) is 3.31.